The summed E-state index contributed by atoms with van der Waals surface area (Å²) in [7, 11) is 3.03. The molecule has 112 valence electrons. The Morgan fingerprint density at radius 2 is 1.80 bits per heavy atom. The van der Waals surface area contributed by atoms with Crippen LogP contribution >= 0.6 is 0 Å². The summed E-state index contributed by atoms with van der Waals surface area (Å²) in [4.78, 5) is 11.7. The van der Waals surface area contributed by atoms with Gasteiger partial charge in [-0.2, -0.15) is 0 Å². The lowest BCUT2D eigenvalue weighted by atomic mass is 9.85. The van der Waals surface area contributed by atoms with Gasteiger partial charge < -0.3 is 14.2 Å². The molecule has 0 unspecified atom stereocenters. The van der Waals surface area contributed by atoms with Gasteiger partial charge in [0.15, 0.2) is 0 Å². The number of hydrogen-bond acceptors (Lipinski definition) is 4. The zero-order chi connectivity index (χ0) is 15.2. The number of ether oxygens (including phenoxy) is 3. The summed E-state index contributed by atoms with van der Waals surface area (Å²) in [5, 5.41) is 0. The SMILES string of the molecule is COCCOCc1cc(C(=O)OC)cc(C(C)(C)C)c1. The summed E-state index contributed by atoms with van der Waals surface area (Å²) in [5.41, 5.74) is 2.58. The largest absolute Gasteiger partial charge is 0.465 e. The standard InChI is InChI=1S/C16H24O4/c1-16(2,3)14-9-12(11-20-7-6-18-4)8-13(10-14)15(17)19-5/h8-10H,6-7,11H2,1-5H3. The first-order chi connectivity index (χ1) is 9.38. The van der Waals surface area contributed by atoms with Gasteiger partial charge in [0, 0.05) is 7.11 Å². The van der Waals surface area contributed by atoms with E-state index in [9.17, 15) is 4.79 Å². The highest BCUT2D eigenvalue weighted by Gasteiger charge is 2.17. The molecule has 4 heteroatoms. The van der Waals surface area contributed by atoms with Crippen LogP contribution < -0.4 is 0 Å². The molecule has 20 heavy (non-hydrogen) atoms. The third kappa shape index (κ3) is 4.94. The molecule has 0 saturated heterocycles. The lowest BCUT2D eigenvalue weighted by Gasteiger charge is -2.21. The number of esters is 1. The lowest BCUT2D eigenvalue weighted by Crippen LogP contribution is -2.14. The Morgan fingerprint density at radius 3 is 2.35 bits per heavy atom. The molecule has 0 aliphatic heterocycles. The maximum Gasteiger partial charge on any atom is 0.337 e. The highest BCUT2D eigenvalue weighted by molar-refractivity contribution is 5.89. The zero-order valence-corrected chi connectivity index (χ0v) is 13.0. The Kier molecular flexibility index (Phi) is 6.17. The van der Waals surface area contributed by atoms with Crippen molar-refractivity contribution in [2.24, 2.45) is 0 Å². The number of carbonyl (C=O) groups excluding carboxylic acids is 1. The van der Waals surface area contributed by atoms with Crippen molar-refractivity contribution in [1.29, 1.82) is 0 Å². The monoisotopic (exact) mass is 280 g/mol. The molecule has 0 N–H and O–H groups in total. The van der Waals surface area contributed by atoms with Gasteiger partial charge in [0.05, 0.1) is 32.5 Å². The van der Waals surface area contributed by atoms with Crippen molar-refractivity contribution in [2.45, 2.75) is 32.8 Å². The predicted octanol–water partition coefficient (Wildman–Crippen LogP) is 2.93. The van der Waals surface area contributed by atoms with Crippen molar-refractivity contribution >= 4 is 5.97 Å². The fourth-order valence-corrected chi connectivity index (χ4v) is 1.78. The highest BCUT2D eigenvalue weighted by atomic mass is 16.5. The summed E-state index contributed by atoms with van der Waals surface area (Å²) in [6.07, 6.45) is 0. The molecule has 0 aromatic heterocycles. The second-order valence-electron chi connectivity index (χ2n) is 5.71. The van der Waals surface area contributed by atoms with E-state index in [0.717, 1.165) is 11.1 Å². The molecular formula is C16H24O4. The molecule has 0 bridgehead atoms. The van der Waals surface area contributed by atoms with E-state index < -0.39 is 0 Å². The number of rotatable bonds is 6. The van der Waals surface area contributed by atoms with E-state index in [-0.39, 0.29) is 11.4 Å². The third-order valence-electron chi connectivity index (χ3n) is 2.98. The van der Waals surface area contributed by atoms with E-state index in [1.54, 1.807) is 7.11 Å². The van der Waals surface area contributed by atoms with E-state index in [4.69, 9.17) is 14.2 Å². The molecule has 1 aromatic rings. The molecule has 4 nitrogen and oxygen atoms in total. The van der Waals surface area contributed by atoms with Crippen LogP contribution in [-0.4, -0.2) is 33.4 Å². The van der Waals surface area contributed by atoms with E-state index in [1.165, 1.54) is 7.11 Å². The summed E-state index contributed by atoms with van der Waals surface area (Å²) in [6.45, 7) is 7.88. The average Bonchev–Trinajstić information content (AvgIpc) is 2.41. The van der Waals surface area contributed by atoms with Crippen LogP contribution in [0.4, 0.5) is 0 Å². The Balaban J connectivity index is 2.95. The molecule has 0 amide bonds. The maximum atomic E-state index is 11.7. The van der Waals surface area contributed by atoms with Gasteiger partial charge in [0.1, 0.15) is 0 Å². The smallest absolute Gasteiger partial charge is 0.337 e. The first-order valence-electron chi connectivity index (χ1n) is 6.68. The minimum atomic E-state index is -0.325. The molecule has 0 atom stereocenters. The normalized spacial score (nSPS) is 11.4. The summed E-state index contributed by atoms with van der Waals surface area (Å²) >= 11 is 0. The third-order valence-corrected chi connectivity index (χ3v) is 2.98. The highest BCUT2D eigenvalue weighted by Crippen LogP contribution is 2.25. The van der Waals surface area contributed by atoms with Crippen LogP contribution in [0.15, 0.2) is 18.2 Å². The van der Waals surface area contributed by atoms with Crippen molar-refractivity contribution in [1.82, 2.24) is 0 Å². The number of benzene rings is 1. The van der Waals surface area contributed by atoms with Gasteiger partial charge in [-0.05, 0) is 28.7 Å². The Morgan fingerprint density at radius 1 is 1.10 bits per heavy atom. The van der Waals surface area contributed by atoms with Gasteiger partial charge >= 0.3 is 5.97 Å². The molecular weight excluding hydrogens is 256 g/mol. The van der Waals surface area contributed by atoms with Crippen molar-refractivity contribution in [2.75, 3.05) is 27.4 Å². The first-order valence-corrected chi connectivity index (χ1v) is 6.68. The topological polar surface area (TPSA) is 44.8 Å². The number of hydrogen-bond donors (Lipinski definition) is 0. The second kappa shape index (κ2) is 7.41. The lowest BCUT2D eigenvalue weighted by molar-refractivity contribution is 0.0591. The Hall–Kier alpha value is -1.39. The van der Waals surface area contributed by atoms with Gasteiger partial charge in [0.25, 0.3) is 0 Å². The number of methoxy groups -OCH3 is 2. The van der Waals surface area contributed by atoms with Crippen LogP contribution in [0, 0.1) is 0 Å². The molecule has 0 aliphatic rings. The molecule has 0 heterocycles. The van der Waals surface area contributed by atoms with Crippen LogP contribution in [0.2, 0.25) is 0 Å². The van der Waals surface area contributed by atoms with Crippen LogP contribution in [0.5, 0.6) is 0 Å². The quantitative estimate of drug-likeness (QED) is 0.593. The summed E-state index contributed by atoms with van der Waals surface area (Å²) in [5.74, 6) is -0.325. The molecule has 0 fully saturated rings. The van der Waals surface area contributed by atoms with Crippen molar-refractivity contribution in [3.05, 3.63) is 34.9 Å². The van der Waals surface area contributed by atoms with Crippen molar-refractivity contribution in [3.8, 4) is 0 Å². The van der Waals surface area contributed by atoms with Crippen LogP contribution in [0.1, 0.15) is 42.3 Å². The maximum absolute atomic E-state index is 11.7. The molecule has 0 radical (unpaired) electrons. The fraction of sp³-hybridized carbons (Fsp3) is 0.562. The summed E-state index contributed by atoms with van der Waals surface area (Å²) < 4.78 is 15.3. The summed E-state index contributed by atoms with van der Waals surface area (Å²) in [6, 6.07) is 5.76. The van der Waals surface area contributed by atoms with E-state index in [0.29, 0.717) is 25.4 Å². The van der Waals surface area contributed by atoms with Crippen LogP contribution in [0.25, 0.3) is 0 Å². The Bertz CT molecular complexity index is 446. The second-order valence-corrected chi connectivity index (χ2v) is 5.71. The molecule has 0 spiro atoms. The van der Waals surface area contributed by atoms with Crippen molar-refractivity contribution in [3.63, 3.8) is 0 Å². The predicted molar refractivity (Wildman–Crippen MR) is 78.0 cm³/mol. The minimum Gasteiger partial charge on any atom is -0.465 e. The molecule has 1 rings (SSSR count). The van der Waals surface area contributed by atoms with Crippen molar-refractivity contribution < 1.29 is 19.0 Å². The minimum absolute atomic E-state index is 0.0364. The molecule has 0 saturated carbocycles. The van der Waals surface area contributed by atoms with E-state index in [2.05, 4.69) is 26.8 Å². The van der Waals surface area contributed by atoms with Gasteiger partial charge in [0.2, 0.25) is 0 Å². The zero-order valence-electron chi connectivity index (χ0n) is 13.0. The molecule has 0 aliphatic carbocycles. The van der Waals surface area contributed by atoms with Gasteiger partial charge in [-0.3, -0.25) is 0 Å². The first kappa shape index (κ1) is 16.7. The Labute approximate surface area is 121 Å². The fourth-order valence-electron chi connectivity index (χ4n) is 1.78. The van der Waals surface area contributed by atoms with Gasteiger partial charge in [-0.1, -0.05) is 26.8 Å². The van der Waals surface area contributed by atoms with Crippen LogP contribution in [0.3, 0.4) is 0 Å². The van der Waals surface area contributed by atoms with Crippen LogP contribution in [-0.2, 0) is 26.2 Å². The van der Waals surface area contributed by atoms with Gasteiger partial charge in [-0.15, -0.1) is 0 Å². The molecule has 1 aromatic carbocycles. The van der Waals surface area contributed by atoms with Gasteiger partial charge in [-0.25, -0.2) is 4.79 Å². The van der Waals surface area contributed by atoms with E-state index in [1.807, 2.05) is 12.1 Å². The number of carbonyl (C=O) groups is 1. The van der Waals surface area contributed by atoms with E-state index >= 15 is 0 Å². The average molecular weight is 280 g/mol.